The molecule has 2 rings (SSSR count). The van der Waals surface area contributed by atoms with Gasteiger partial charge in [-0.2, -0.15) is 0 Å². The number of methoxy groups -OCH3 is 1. The van der Waals surface area contributed by atoms with Gasteiger partial charge < -0.3 is 20.1 Å². The van der Waals surface area contributed by atoms with Crippen molar-refractivity contribution in [1.29, 1.82) is 0 Å². The zero-order chi connectivity index (χ0) is 12.4. The van der Waals surface area contributed by atoms with Crippen molar-refractivity contribution in [1.82, 2.24) is 10.2 Å². The molecule has 0 aromatic carbocycles. The van der Waals surface area contributed by atoms with Crippen LogP contribution in [0.1, 0.15) is 19.3 Å². The molecule has 96 valence electrons. The molecule has 2 heterocycles. The Kier molecular flexibility index (Phi) is 3.63. The van der Waals surface area contributed by atoms with Crippen LogP contribution in [-0.2, 0) is 14.3 Å². The van der Waals surface area contributed by atoms with Crippen molar-refractivity contribution in [3.8, 4) is 0 Å². The van der Waals surface area contributed by atoms with Crippen LogP contribution >= 0.6 is 0 Å². The maximum atomic E-state index is 12.2. The van der Waals surface area contributed by atoms with E-state index in [0.717, 1.165) is 19.4 Å². The zero-order valence-corrected chi connectivity index (χ0v) is 9.89. The molecule has 1 amide bonds. The molecule has 0 bridgehead atoms. The van der Waals surface area contributed by atoms with Crippen LogP contribution in [0.2, 0.25) is 0 Å². The fraction of sp³-hybridized carbons (Fsp3) is 0.818. The number of carboxylic acids is 1. The van der Waals surface area contributed by atoms with E-state index in [9.17, 15) is 9.59 Å². The number of ether oxygens (including phenoxy) is 1. The van der Waals surface area contributed by atoms with E-state index in [2.05, 4.69) is 5.32 Å². The molecule has 0 aromatic heterocycles. The van der Waals surface area contributed by atoms with Crippen molar-refractivity contribution in [2.75, 3.05) is 20.2 Å². The number of carbonyl (C=O) groups is 2. The number of hydrogen-bond donors (Lipinski definition) is 2. The van der Waals surface area contributed by atoms with Gasteiger partial charge in [0.1, 0.15) is 6.04 Å². The maximum absolute atomic E-state index is 12.2. The van der Waals surface area contributed by atoms with E-state index in [1.807, 2.05) is 0 Å². The summed E-state index contributed by atoms with van der Waals surface area (Å²) in [6.45, 7) is 1.21. The number of amides is 1. The van der Waals surface area contributed by atoms with Crippen molar-refractivity contribution in [2.45, 2.75) is 37.5 Å². The summed E-state index contributed by atoms with van der Waals surface area (Å²) in [7, 11) is 1.55. The van der Waals surface area contributed by atoms with Crippen LogP contribution in [0.4, 0.5) is 0 Å². The first-order valence-corrected chi connectivity index (χ1v) is 5.93. The molecule has 0 spiro atoms. The van der Waals surface area contributed by atoms with Crippen molar-refractivity contribution in [3.05, 3.63) is 0 Å². The Hall–Kier alpha value is -1.14. The van der Waals surface area contributed by atoms with E-state index < -0.39 is 12.0 Å². The van der Waals surface area contributed by atoms with Crippen LogP contribution in [0.15, 0.2) is 0 Å². The van der Waals surface area contributed by atoms with Gasteiger partial charge in [0.15, 0.2) is 0 Å². The van der Waals surface area contributed by atoms with Gasteiger partial charge in [-0.3, -0.25) is 4.79 Å². The third-order valence-electron chi connectivity index (χ3n) is 3.52. The molecule has 2 fully saturated rings. The smallest absolute Gasteiger partial charge is 0.326 e. The molecule has 2 aliphatic rings. The number of carbonyl (C=O) groups excluding carboxylic acids is 1. The predicted octanol–water partition coefficient (Wildman–Crippen LogP) is -0.561. The molecule has 2 N–H and O–H groups in total. The van der Waals surface area contributed by atoms with E-state index in [-0.39, 0.29) is 18.1 Å². The van der Waals surface area contributed by atoms with Crippen molar-refractivity contribution in [2.24, 2.45) is 0 Å². The standard InChI is InChI=1S/C11H18N2O4/c1-17-7-5-9(11(15)16)13(6-7)10(14)8-3-2-4-12-8/h7-9,12H,2-6H2,1H3,(H,15,16)/t7?,8-,9?/m1/s1. The summed E-state index contributed by atoms with van der Waals surface area (Å²) in [6, 6.07) is -0.956. The van der Waals surface area contributed by atoms with Gasteiger partial charge in [0.2, 0.25) is 5.91 Å². The molecule has 0 saturated carbocycles. The summed E-state index contributed by atoms with van der Waals surface area (Å²) >= 11 is 0. The van der Waals surface area contributed by atoms with Gasteiger partial charge in [0.25, 0.3) is 0 Å². The van der Waals surface area contributed by atoms with Crippen LogP contribution in [0.25, 0.3) is 0 Å². The zero-order valence-electron chi connectivity index (χ0n) is 9.89. The lowest BCUT2D eigenvalue weighted by molar-refractivity contribution is -0.148. The number of hydrogen-bond acceptors (Lipinski definition) is 4. The number of rotatable bonds is 3. The van der Waals surface area contributed by atoms with Crippen molar-refractivity contribution < 1.29 is 19.4 Å². The van der Waals surface area contributed by atoms with Gasteiger partial charge in [-0.25, -0.2) is 4.79 Å². The fourth-order valence-corrected chi connectivity index (χ4v) is 2.54. The Morgan fingerprint density at radius 1 is 1.47 bits per heavy atom. The van der Waals surface area contributed by atoms with Crippen LogP contribution < -0.4 is 5.32 Å². The molecule has 6 heteroatoms. The van der Waals surface area contributed by atoms with E-state index in [4.69, 9.17) is 9.84 Å². The third kappa shape index (κ3) is 2.42. The highest BCUT2D eigenvalue weighted by atomic mass is 16.5. The second kappa shape index (κ2) is 5.01. The summed E-state index contributed by atoms with van der Waals surface area (Å²) in [5, 5.41) is 12.2. The highest BCUT2D eigenvalue weighted by Crippen LogP contribution is 2.22. The van der Waals surface area contributed by atoms with Crippen LogP contribution in [-0.4, -0.2) is 60.3 Å². The Morgan fingerprint density at radius 2 is 2.24 bits per heavy atom. The second-order valence-electron chi connectivity index (χ2n) is 4.59. The number of likely N-dealkylation sites (tertiary alicyclic amines) is 1. The molecule has 0 radical (unpaired) electrons. The van der Waals surface area contributed by atoms with Crippen molar-refractivity contribution >= 4 is 11.9 Å². The quantitative estimate of drug-likeness (QED) is 0.693. The fourth-order valence-electron chi connectivity index (χ4n) is 2.54. The average Bonchev–Trinajstić information content (AvgIpc) is 2.97. The third-order valence-corrected chi connectivity index (χ3v) is 3.52. The average molecular weight is 242 g/mol. The Balaban J connectivity index is 2.06. The first-order valence-electron chi connectivity index (χ1n) is 5.93. The summed E-state index contributed by atoms with van der Waals surface area (Å²) in [5.74, 6) is -1.05. The normalized spacial score (nSPS) is 33.0. The molecule has 2 unspecified atom stereocenters. The van der Waals surface area contributed by atoms with E-state index >= 15 is 0 Å². The van der Waals surface area contributed by atoms with Crippen LogP contribution in [0, 0.1) is 0 Å². The van der Waals surface area contributed by atoms with Crippen LogP contribution in [0.3, 0.4) is 0 Å². The molecule has 2 saturated heterocycles. The number of nitrogens with zero attached hydrogens (tertiary/aromatic N) is 1. The Labute approximate surface area is 99.9 Å². The van der Waals surface area contributed by atoms with Gasteiger partial charge in [-0.1, -0.05) is 0 Å². The first-order chi connectivity index (χ1) is 8.13. The minimum atomic E-state index is -0.948. The molecule has 2 aliphatic heterocycles. The van der Waals surface area contributed by atoms with Crippen molar-refractivity contribution in [3.63, 3.8) is 0 Å². The molecular weight excluding hydrogens is 224 g/mol. The summed E-state index contributed by atoms with van der Waals surface area (Å²) in [5.41, 5.74) is 0. The minimum absolute atomic E-state index is 0.102. The largest absolute Gasteiger partial charge is 0.480 e. The van der Waals surface area contributed by atoms with Gasteiger partial charge >= 0.3 is 5.97 Å². The van der Waals surface area contributed by atoms with Crippen LogP contribution in [0.5, 0.6) is 0 Å². The van der Waals surface area contributed by atoms with E-state index in [1.165, 1.54) is 4.90 Å². The highest BCUT2D eigenvalue weighted by molar-refractivity contribution is 5.88. The number of carboxylic acid groups (broad SMARTS) is 1. The lowest BCUT2D eigenvalue weighted by Crippen LogP contribution is -2.48. The lowest BCUT2D eigenvalue weighted by Gasteiger charge is -2.24. The molecule has 0 aromatic rings. The number of nitrogens with one attached hydrogen (secondary N) is 1. The Bertz CT molecular complexity index is 315. The van der Waals surface area contributed by atoms with E-state index in [0.29, 0.717) is 13.0 Å². The second-order valence-corrected chi connectivity index (χ2v) is 4.59. The molecular formula is C11H18N2O4. The van der Waals surface area contributed by atoms with E-state index in [1.54, 1.807) is 7.11 Å². The molecule has 0 aliphatic carbocycles. The molecule has 3 atom stereocenters. The number of aliphatic carboxylic acids is 1. The predicted molar refractivity (Wildman–Crippen MR) is 59.6 cm³/mol. The first kappa shape index (κ1) is 12.3. The summed E-state index contributed by atoms with van der Waals surface area (Å²) in [4.78, 5) is 24.7. The van der Waals surface area contributed by atoms with Gasteiger partial charge in [-0.15, -0.1) is 0 Å². The van der Waals surface area contributed by atoms with Gasteiger partial charge in [-0.05, 0) is 19.4 Å². The SMILES string of the molecule is COC1CC(C(=O)O)N(C(=O)[C@H]2CCCN2)C1. The summed E-state index contributed by atoms with van der Waals surface area (Å²) in [6.07, 6.45) is 1.97. The monoisotopic (exact) mass is 242 g/mol. The topological polar surface area (TPSA) is 78.9 Å². The Morgan fingerprint density at radius 3 is 2.76 bits per heavy atom. The molecule has 6 nitrogen and oxygen atoms in total. The van der Waals surface area contributed by atoms with Gasteiger partial charge in [0.05, 0.1) is 12.1 Å². The lowest BCUT2D eigenvalue weighted by atomic mass is 10.1. The maximum Gasteiger partial charge on any atom is 0.326 e. The van der Waals surface area contributed by atoms with Gasteiger partial charge in [0, 0.05) is 20.1 Å². The molecule has 17 heavy (non-hydrogen) atoms. The highest BCUT2D eigenvalue weighted by Gasteiger charge is 2.42. The minimum Gasteiger partial charge on any atom is -0.480 e. The summed E-state index contributed by atoms with van der Waals surface area (Å²) < 4.78 is 5.16.